The molecule has 3 nitrogen and oxygen atoms in total. The van der Waals surface area contributed by atoms with Crippen LogP contribution >= 0.6 is 7.14 Å². The Morgan fingerprint density at radius 2 is 1.74 bits per heavy atom. The first-order valence-electron chi connectivity index (χ1n) is 6.27. The van der Waals surface area contributed by atoms with Crippen LogP contribution in [0.2, 0.25) is 0 Å². The molecule has 0 saturated carbocycles. The zero-order chi connectivity index (χ0) is 14.9. The highest BCUT2D eigenvalue weighted by Crippen LogP contribution is 2.45. The van der Waals surface area contributed by atoms with E-state index in [1.54, 1.807) is 13.8 Å². The second kappa shape index (κ2) is 8.02. The minimum Gasteiger partial charge on any atom is -0.446 e. The number of ether oxygens (including phenoxy) is 1. The van der Waals surface area contributed by atoms with E-state index in [9.17, 15) is 9.36 Å². The van der Waals surface area contributed by atoms with E-state index in [1.807, 2.05) is 38.2 Å². The van der Waals surface area contributed by atoms with Crippen LogP contribution in [0.4, 0.5) is 0 Å². The van der Waals surface area contributed by atoms with Crippen LogP contribution in [-0.4, -0.2) is 30.1 Å². The van der Waals surface area contributed by atoms with E-state index < -0.39 is 18.7 Å². The normalized spacial score (nSPS) is 15.3. The Kier molecular flexibility index (Phi) is 7.49. The molecule has 4 heteroatoms. The number of allylic oxidation sites excluding steroid dienone is 4. The van der Waals surface area contributed by atoms with E-state index >= 15 is 0 Å². The summed E-state index contributed by atoms with van der Waals surface area (Å²) in [5, 5.41) is 0. The molecule has 0 aromatic rings. The lowest BCUT2D eigenvalue weighted by atomic mass is 10.1. The standard InChI is InChI=1S/C15H23O3P/c1-6-9-11-19(17,12-10-7-2)13-14(16)18-15(4,5)8-3/h3,6-7,9-10H,11-13H2,1-2,4-5H3. The van der Waals surface area contributed by atoms with E-state index in [-0.39, 0.29) is 6.16 Å². The molecule has 0 bridgehead atoms. The molecule has 0 amide bonds. The lowest BCUT2D eigenvalue weighted by Crippen LogP contribution is -2.28. The predicted molar refractivity (Wildman–Crippen MR) is 80.8 cm³/mol. The molecule has 0 spiro atoms. The van der Waals surface area contributed by atoms with Gasteiger partial charge in [0, 0.05) is 12.3 Å². The molecule has 0 fully saturated rings. The summed E-state index contributed by atoms with van der Waals surface area (Å²) < 4.78 is 17.8. The molecule has 0 radical (unpaired) electrons. The topological polar surface area (TPSA) is 43.4 Å². The van der Waals surface area contributed by atoms with Crippen LogP contribution in [0.1, 0.15) is 27.7 Å². The molecule has 0 rings (SSSR count). The molecule has 0 N–H and O–H groups in total. The zero-order valence-electron chi connectivity index (χ0n) is 12.2. The van der Waals surface area contributed by atoms with Crippen molar-refractivity contribution in [1.29, 1.82) is 0 Å². The van der Waals surface area contributed by atoms with Crippen LogP contribution < -0.4 is 0 Å². The monoisotopic (exact) mass is 282 g/mol. The van der Waals surface area contributed by atoms with Crippen molar-refractivity contribution in [2.75, 3.05) is 18.5 Å². The van der Waals surface area contributed by atoms with Crippen molar-refractivity contribution >= 4 is 13.1 Å². The minimum atomic E-state index is -2.62. The van der Waals surface area contributed by atoms with Gasteiger partial charge in [-0.2, -0.15) is 0 Å². The Hall–Kier alpha value is -1.26. The quantitative estimate of drug-likeness (QED) is 0.311. The van der Waals surface area contributed by atoms with Crippen LogP contribution in [0.3, 0.4) is 0 Å². The first kappa shape index (κ1) is 17.7. The molecule has 0 aliphatic rings. The van der Waals surface area contributed by atoms with Crippen LogP contribution in [0.25, 0.3) is 0 Å². The number of hydrogen-bond donors (Lipinski definition) is 0. The third-order valence-corrected chi connectivity index (χ3v) is 5.07. The van der Waals surface area contributed by atoms with Gasteiger partial charge < -0.3 is 9.30 Å². The Labute approximate surface area is 116 Å². The van der Waals surface area contributed by atoms with E-state index in [0.717, 1.165) is 0 Å². The van der Waals surface area contributed by atoms with Crippen molar-refractivity contribution < 1.29 is 14.1 Å². The Morgan fingerprint density at radius 1 is 1.26 bits per heavy atom. The molecule has 0 heterocycles. The second-order valence-electron chi connectivity index (χ2n) is 4.85. The highest BCUT2D eigenvalue weighted by atomic mass is 31.2. The maximum atomic E-state index is 12.7. The average molecular weight is 282 g/mol. The maximum Gasteiger partial charge on any atom is 0.314 e. The zero-order valence-corrected chi connectivity index (χ0v) is 13.1. The molecule has 106 valence electrons. The molecule has 19 heavy (non-hydrogen) atoms. The number of terminal acetylenes is 1. The summed E-state index contributed by atoms with van der Waals surface area (Å²) in [6.45, 7) is 6.99. The minimum absolute atomic E-state index is 0.0766. The van der Waals surface area contributed by atoms with Gasteiger partial charge >= 0.3 is 5.97 Å². The van der Waals surface area contributed by atoms with E-state index in [1.165, 1.54) is 0 Å². The van der Waals surface area contributed by atoms with Crippen molar-refractivity contribution in [3.05, 3.63) is 24.3 Å². The van der Waals surface area contributed by atoms with Gasteiger partial charge in [-0.3, -0.25) is 4.79 Å². The van der Waals surface area contributed by atoms with Gasteiger partial charge in [-0.25, -0.2) is 0 Å². The van der Waals surface area contributed by atoms with E-state index in [0.29, 0.717) is 12.3 Å². The summed E-state index contributed by atoms with van der Waals surface area (Å²) in [4.78, 5) is 11.8. The highest BCUT2D eigenvalue weighted by Gasteiger charge is 2.27. The first-order valence-corrected chi connectivity index (χ1v) is 8.54. The molecular weight excluding hydrogens is 259 g/mol. The highest BCUT2D eigenvalue weighted by molar-refractivity contribution is 7.65. The molecule has 0 saturated heterocycles. The Bertz CT molecular complexity index is 421. The van der Waals surface area contributed by atoms with Crippen molar-refractivity contribution in [2.45, 2.75) is 33.3 Å². The van der Waals surface area contributed by atoms with Crippen molar-refractivity contribution in [3.8, 4) is 12.3 Å². The molecule has 0 unspecified atom stereocenters. The summed E-state index contributed by atoms with van der Waals surface area (Å²) in [7, 11) is -2.62. The third kappa shape index (κ3) is 7.70. The third-order valence-electron chi connectivity index (χ3n) is 2.48. The van der Waals surface area contributed by atoms with Crippen LogP contribution in [0.5, 0.6) is 0 Å². The maximum absolute atomic E-state index is 12.7. The fourth-order valence-electron chi connectivity index (χ4n) is 1.38. The van der Waals surface area contributed by atoms with Crippen molar-refractivity contribution in [1.82, 2.24) is 0 Å². The molecule has 0 atom stereocenters. The Balaban J connectivity index is 4.78. The summed E-state index contributed by atoms with van der Waals surface area (Å²) in [6, 6.07) is 0. The van der Waals surface area contributed by atoms with Gasteiger partial charge in [0.05, 0.1) is 6.16 Å². The first-order chi connectivity index (χ1) is 8.78. The molecule has 0 aromatic heterocycles. The number of esters is 1. The summed E-state index contributed by atoms with van der Waals surface area (Å²) in [5.41, 5.74) is -0.955. The molecule has 0 aliphatic heterocycles. The van der Waals surface area contributed by atoms with Gasteiger partial charge in [0.25, 0.3) is 0 Å². The van der Waals surface area contributed by atoms with Crippen molar-refractivity contribution in [3.63, 3.8) is 0 Å². The lowest BCUT2D eigenvalue weighted by Gasteiger charge is -2.21. The number of carbonyl (C=O) groups is 1. The summed E-state index contributed by atoms with van der Waals surface area (Å²) in [6.07, 6.45) is 13.3. The Morgan fingerprint density at radius 3 is 2.11 bits per heavy atom. The SMILES string of the molecule is C#CC(C)(C)OC(=O)CP(=O)(CC=CC)CC=CC. The summed E-state index contributed by atoms with van der Waals surface area (Å²) >= 11 is 0. The average Bonchev–Trinajstić information content (AvgIpc) is 2.33. The van der Waals surface area contributed by atoms with Gasteiger partial charge in [0.1, 0.15) is 7.14 Å². The van der Waals surface area contributed by atoms with Crippen LogP contribution in [0, 0.1) is 12.3 Å². The van der Waals surface area contributed by atoms with Crippen LogP contribution in [-0.2, 0) is 14.1 Å². The molecule has 0 aliphatic carbocycles. The predicted octanol–water partition coefficient (Wildman–Crippen LogP) is 3.46. The fraction of sp³-hybridized carbons (Fsp3) is 0.533. The van der Waals surface area contributed by atoms with Crippen molar-refractivity contribution in [2.24, 2.45) is 0 Å². The van der Waals surface area contributed by atoms with Gasteiger partial charge in [-0.05, 0) is 27.7 Å². The molecule has 0 aromatic carbocycles. The van der Waals surface area contributed by atoms with Gasteiger partial charge in [-0.1, -0.05) is 30.2 Å². The van der Waals surface area contributed by atoms with Gasteiger partial charge in [-0.15, -0.1) is 6.42 Å². The fourth-order valence-corrected chi connectivity index (χ4v) is 3.51. The smallest absolute Gasteiger partial charge is 0.314 e. The van der Waals surface area contributed by atoms with Crippen LogP contribution in [0.15, 0.2) is 24.3 Å². The van der Waals surface area contributed by atoms with E-state index in [2.05, 4.69) is 5.92 Å². The largest absolute Gasteiger partial charge is 0.446 e. The number of hydrogen-bond acceptors (Lipinski definition) is 3. The summed E-state index contributed by atoms with van der Waals surface area (Å²) in [5.74, 6) is 1.88. The van der Waals surface area contributed by atoms with E-state index in [4.69, 9.17) is 11.2 Å². The lowest BCUT2D eigenvalue weighted by molar-refractivity contribution is -0.148. The second-order valence-corrected chi connectivity index (χ2v) is 8.01. The number of carbonyl (C=O) groups excluding carboxylic acids is 1. The number of rotatable bonds is 7. The van der Waals surface area contributed by atoms with Gasteiger partial charge in [0.15, 0.2) is 5.60 Å². The van der Waals surface area contributed by atoms with Gasteiger partial charge in [0.2, 0.25) is 0 Å². The molecular formula is C15H23O3P.